The van der Waals surface area contributed by atoms with Gasteiger partial charge in [-0.1, -0.05) is 0 Å². The number of halogens is 2. The molecule has 1 aromatic carbocycles. The summed E-state index contributed by atoms with van der Waals surface area (Å²) in [5, 5.41) is 0. The van der Waals surface area contributed by atoms with Crippen LogP contribution in [0.3, 0.4) is 0 Å². The highest BCUT2D eigenvalue weighted by molar-refractivity contribution is 9.10. The second-order valence-corrected chi connectivity index (χ2v) is 3.27. The summed E-state index contributed by atoms with van der Waals surface area (Å²) in [6.45, 7) is 0. The first-order chi connectivity index (χ1) is 5.15. The van der Waals surface area contributed by atoms with Crippen molar-refractivity contribution in [2.24, 2.45) is 0 Å². The van der Waals surface area contributed by atoms with Crippen molar-refractivity contribution >= 4 is 28.6 Å². The molecule has 0 aliphatic carbocycles. The molecule has 60 valence electrons. The van der Waals surface area contributed by atoms with E-state index in [1.165, 1.54) is 13.2 Å². The summed E-state index contributed by atoms with van der Waals surface area (Å²) in [6.07, 6.45) is 0. The predicted octanol–water partition coefficient (Wildman–Crippen LogP) is 2.89. The van der Waals surface area contributed by atoms with Gasteiger partial charge in [-0.2, -0.15) is 0 Å². The molecule has 4 heteroatoms. The van der Waals surface area contributed by atoms with Crippen LogP contribution in [0.25, 0.3) is 0 Å². The first-order valence-corrected chi connectivity index (χ1v) is 4.11. The van der Waals surface area contributed by atoms with E-state index < -0.39 is 0 Å². The summed E-state index contributed by atoms with van der Waals surface area (Å²) in [5.74, 6) is 0.0914. The van der Waals surface area contributed by atoms with E-state index in [1.807, 2.05) is 0 Å². The minimum absolute atomic E-state index is 0.348. The Bertz CT molecular complexity index is 277. The lowest BCUT2D eigenvalue weighted by atomic mass is 10.3. The molecule has 0 spiro atoms. The van der Waals surface area contributed by atoms with Gasteiger partial charge >= 0.3 is 0 Å². The second kappa shape index (κ2) is 3.45. The summed E-state index contributed by atoms with van der Waals surface area (Å²) in [4.78, 5) is 0.612. The first-order valence-electron chi connectivity index (χ1n) is 2.87. The zero-order chi connectivity index (χ0) is 8.43. The van der Waals surface area contributed by atoms with E-state index in [9.17, 15) is 4.39 Å². The molecule has 0 heterocycles. The average Bonchev–Trinajstić information content (AvgIpc) is 1.97. The molecular weight excluding hydrogens is 231 g/mol. The van der Waals surface area contributed by atoms with E-state index in [-0.39, 0.29) is 5.82 Å². The third kappa shape index (κ3) is 1.87. The van der Waals surface area contributed by atoms with Gasteiger partial charge in [-0.25, -0.2) is 4.39 Å². The molecule has 0 radical (unpaired) electrons. The van der Waals surface area contributed by atoms with Gasteiger partial charge in [0.25, 0.3) is 0 Å². The fourth-order valence-electron chi connectivity index (χ4n) is 0.682. The maximum atomic E-state index is 12.8. The Labute approximate surface area is 78.1 Å². The van der Waals surface area contributed by atoms with E-state index in [1.54, 1.807) is 6.07 Å². The molecule has 0 saturated carbocycles. The van der Waals surface area contributed by atoms with E-state index in [2.05, 4.69) is 28.6 Å². The Morgan fingerprint density at radius 3 is 2.73 bits per heavy atom. The van der Waals surface area contributed by atoms with Crippen LogP contribution in [0.1, 0.15) is 0 Å². The van der Waals surface area contributed by atoms with Gasteiger partial charge in [-0.15, -0.1) is 12.6 Å². The fourth-order valence-corrected chi connectivity index (χ4v) is 1.49. The summed E-state index contributed by atoms with van der Waals surface area (Å²) >= 11 is 7.10. The Balaban J connectivity index is 3.21. The quantitative estimate of drug-likeness (QED) is 0.739. The molecule has 0 atom stereocenters. The van der Waals surface area contributed by atoms with Crippen LogP contribution < -0.4 is 4.74 Å². The second-order valence-electron chi connectivity index (χ2n) is 1.94. The molecule has 0 aliphatic heterocycles. The van der Waals surface area contributed by atoms with Gasteiger partial charge in [0.15, 0.2) is 0 Å². The van der Waals surface area contributed by atoms with Crippen LogP contribution in [0, 0.1) is 5.82 Å². The fraction of sp³-hybridized carbons (Fsp3) is 0.143. The van der Waals surface area contributed by atoms with Gasteiger partial charge in [-0.05, 0) is 22.0 Å². The molecule has 0 amide bonds. The van der Waals surface area contributed by atoms with Crippen molar-refractivity contribution in [3.63, 3.8) is 0 Å². The Hall–Kier alpha value is -0.220. The highest BCUT2D eigenvalue weighted by Gasteiger charge is 2.04. The smallest absolute Gasteiger partial charge is 0.141 e. The maximum Gasteiger partial charge on any atom is 0.141 e. The van der Waals surface area contributed by atoms with E-state index in [0.29, 0.717) is 15.1 Å². The monoisotopic (exact) mass is 236 g/mol. The molecular formula is C7H6BrFOS. The van der Waals surface area contributed by atoms with Crippen LogP contribution in [-0.4, -0.2) is 7.11 Å². The summed E-state index contributed by atoms with van der Waals surface area (Å²) < 4.78 is 18.0. The Kier molecular flexibility index (Phi) is 2.78. The third-order valence-electron chi connectivity index (χ3n) is 1.22. The summed E-state index contributed by atoms with van der Waals surface area (Å²) in [6, 6.07) is 2.84. The lowest BCUT2D eigenvalue weighted by Crippen LogP contribution is -1.86. The molecule has 0 N–H and O–H groups in total. The van der Waals surface area contributed by atoms with Crippen LogP contribution in [-0.2, 0) is 0 Å². The van der Waals surface area contributed by atoms with Crippen LogP contribution in [0.2, 0.25) is 0 Å². The van der Waals surface area contributed by atoms with Crippen LogP contribution in [0.4, 0.5) is 4.39 Å². The molecule has 1 nitrogen and oxygen atoms in total. The van der Waals surface area contributed by atoms with Crippen LogP contribution in [0.15, 0.2) is 21.5 Å². The standard InChI is InChI=1S/C7H6BrFOS/c1-10-6-3-5(9)4(8)2-7(6)11/h2-3,11H,1H3. The van der Waals surface area contributed by atoms with Crippen LogP contribution in [0.5, 0.6) is 5.75 Å². The van der Waals surface area contributed by atoms with Gasteiger partial charge < -0.3 is 4.74 Å². The molecule has 0 saturated heterocycles. The van der Waals surface area contributed by atoms with Crippen molar-refractivity contribution in [2.45, 2.75) is 4.90 Å². The van der Waals surface area contributed by atoms with Gasteiger partial charge in [-0.3, -0.25) is 0 Å². The lowest BCUT2D eigenvalue weighted by molar-refractivity contribution is 0.401. The normalized spacial score (nSPS) is 9.82. The molecule has 0 fully saturated rings. The Morgan fingerprint density at radius 2 is 2.18 bits per heavy atom. The third-order valence-corrected chi connectivity index (χ3v) is 2.18. The van der Waals surface area contributed by atoms with Crippen molar-refractivity contribution in [3.05, 3.63) is 22.4 Å². The van der Waals surface area contributed by atoms with Crippen molar-refractivity contribution < 1.29 is 9.13 Å². The number of hydrogen-bond acceptors (Lipinski definition) is 2. The molecule has 0 aliphatic rings. The van der Waals surface area contributed by atoms with E-state index in [4.69, 9.17) is 4.74 Å². The molecule has 1 aromatic rings. The Morgan fingerprint density at radius 1 is 1.55 bits per heavy atom. The summed E-state index contributed by atoms with van der Waals surface area (Å²) in [7, 11) is 1.47. The van der Waals surface area contributed by atoms with Gasteiger partial charge in [0.2, 0.25) is 0 Å². The molecule has 0 aromatic heterocycles. The zero-order valence-electron chi connectivity index (χ0n) is 5.77. The van der Waals surface area contributed by atoms with Crippen molar-refractivity contribution in [2.75, 3.05) is 7.11 Å². The molecule has 11 heavy (non-hydrogen) atoms. The zero-order valence-corrected chi connectivity index (χ0v) is 8.25. The highest BCUT2D eigenvalue weighted by atomic mass is 79.9. The minimum Gasteiger partial charge on any atom is -0.495 e. The number of benzene rings is 1. The van der Waals surface area contributed by atoms with E-state index in [0.717, 1.165) is 0 Å². The van der Waals surface area contributed by atoms with Crippen molar-refractivity contribution in [1.29, 1.82) is 0 Å². The lowest BCUT2D eigenvalue weighted by Gasteiger charge is -2.03. The number of thiol groups is 1. The number of rotatable bonds is 1. The number of hydrogen-bond donors (Lipinski definition) is 1. The number of methoxy groups -OCH3 is 1. The largest absolute Gasteiger partial charge is 0.495 e. The topological polar surface area (TPSA) is 9.23 Å². The van der Waals surface area contributed by atoms with Crippen molar-refractivity contribution in [3.8, 4) is 5.75 Å². The molecule has 1 rings (SSSR count). The predicted molar refractivity (Wildman–Crippen MR) is 47.9 cm³/mol. The van der Waals surface area contributed by atoms with Gasteiger partial charge in [0.1, 0.15) is 11.6 Å². The van der Waals surface area contributed by atoms with Gasteiger partial charge in [0.05, 0.1) is 11.6 Å². The SMILES string of the molecule is COc1cc(F)c(Br)cc1S. The molecule has 0 bridgehead atoms. The van der Waals surface area contributed by atoms with E-state index >= 15 is 0 Å². The maximum absolute atomic E-state index is 12.8. The number of ether oxygens (including phenoxy) is 1. The average molecular weight is 237 g/mol. The highest BCUT2D eigenvalue weighted by Crippen LogP contribution is 2.28. The molecule has 0 unspecified atom stereocenters. The van der Waals surface area contributed by atoms with Crippen LogP contribution >= 0.6 is 28.6 Å². The van der Waals surface area contributed by atoms with Gasteiger partial charge in [0, 0.05) is 11.0 Å². The first kappa shape index (κ1) is 8.87. The van der Waals surface area contributed by atoms with Crippen molar-refractivity contribution in [1.82, 2.24) is 0 Å². The summed E-state index contributed by atoms with van der Waals surface area (Å²) in [5.41, 5.74) is 0. The minimum atomic E-state index is -0.348.